The van der Waals surface area contributed by atoms with Crippen molar-refractivity contribution in [2.24, 2.45) is 5.92 Å². The van der Waals surface area contributed by atoms with E-state index in [1.165, 1.54) is 24.3 Å². The van der Waals surface area contributed by atoms with Crippen LogP contribution in [0.25, 0.3) is 0 Å². The van der Waals surface area contributed by atoms with Crippen molar-refractivity contribution >= 4 is 37.7 Å². The van der Waals surface area contributed by atoms with E-state index in [9.17, 15) is 17.6 Å². The number of sulfonamides is 1. The first kappa shape index (κ1) is 31.0. The number of nitrogens with one attached hydrogen (secondary N) is 3. The molecule has 1 fully saturated rings. The molecule has 3 aromatic rings. The normalized spacial score (nSPS) is 17.7. The largest absolute Gasteiger partial charge is 0.362 e. The SMILES string of the molecule is CC1(C)C[C@H](CCC(Nc2cccc(S(=O)(=O)NC(=O)c3ccc(C(C)(C)C)nc3F)n2)c2ccc(Br)cn2)CN1. The summed E-state index contributed by atoms with van der Waals surface area (Å²) in [6.45, 7) is 10.9. The lowest BCUT2D eigenvalue weighted by molar-refractivity contribution is 0.0976. The number of pyridine rings is 3. The Morgan fingerprint density at radius 2 is 1.93 bits per heavy atom. The van der Waals surface area contributed by atoms with Gasteiger partial charge in [-0.05, 0) is 97.9 Å². The number of carbonyl (C=O) groups excluding carboxylic acids is 1. The van der Waals surface area contributed by atoms with Gasteiger partial charge in [0.2, 0.25) is 5.95 Å². The van der Waals surface area contributed by atoms with Crippen molar-refractivity contribution < 1.29 is 17.6 Å². The fourth-order valence-electron chi connectivity index (χ4n) is 4.85. The molecule has 0 radical (unpaired) electrons. The highest BCUT2D eigenvalue weighted by Gasteiger charge is 2.31. The highest BCUT2D eigenvalue weighted by atomic mass is 79.9. The third-order valence-electron chi connectivity index (χ3n) is 7.05. The minimum Gasteiger partial charge on any atom is -0.362 e. The number of hydrogen-bond donors (Lipinski definition) is 3. The quantitative estimate of drug-likeness (QED) is 0.260. The predicted molar refractivity (Wildman–Crippen MR) is 160 cm³/mol. The van der Waals surface area contributed by atoms with Crippen LogP contribution in [0.3, 0.4) is 0 Å². The molecule has 0 spiro atoms. The number of aromatic nitrogens is 3. The molecule has 4 rings (SSSR count). The molecule has 0 saturated carbocycles. The molecule has 3 aromatic heterocycles. The Bertz CT molecular complexity index is 1510. The van der Waals surface area contributed by atoms with E-state index in [0.717, 1.165) is 36.0 Å². The summed E-state index contributed by atoms with van der Waals surface area (Å²) in [7, 11) is -4.41. The molecule has 3 N–H and O–H groups in total. The maximum Gasteiger partial charge on any atom is 0.281 e. The molecule has 1 aliphatic rings. The summed E-state index contributed by atoms with van der Waals surface area (Å²) in [5.41, 5.74) is 0.432. The predicted octanol–water partition coefficient (Wildman–Crippen LogP) is 5.51. The van der Waals surface area contributed by atoms with Crippen LogP contribution in [-0.4, -0.2) is 41.4 Å². The van der Waals surface area contributed by atoms with Crippen molar-refractivity contribution in [3.8, 4) is 0 Å². The summed E-state index contributed by atoms with van der Waals surface area (Å²) < 4.78 is 43.5. The van der Waals surface area contributed by atoms with E-state index in [1.807, 2.05) is 37.6 Å². The average molecular weight is 648 g/mol. The van der Waals surface area contributed by atoms with Gasteiger partial charge in [-0.3, -0.25) is 9.78 Å². The van der Waals surface area contributed by atoms with Crippen LogP contribution < -0.4 is 15.4 Å². The lowest BCUT2D eigenvalue weighted by Gasteiger charge is -2.22. The van der Waals surface area contributed by atoms with Crippen LogP contribution in [-0.2, 0) is 15.4 Å². The second kappa shape index (κ2) is 12.1. The van der Waals surface area contributed by atoms with Crippen molar-refractivity contribution in [1.29, 1.82) is 0 Å². The summed E-state index contributed by atoms with van der Waals surface area (Å²) in [6.07, 6.45) is 4.47. The molecule has 0 bridgehead atoms. The molecule has 1 aliphatic heterocycles. The highest BCUT2D eigenvalue weighted by molar-refractivity contribution is 9.10. The first-order chi connectivity index (χ1) is 19.1. The van der Waals surface area contributed by atoms with E-state index >= 15 is 0 Å². The van der Waals surface area contributed by atoms with Crippen LogP contribution in [0.15, 0.2) is 58.2 Å². The van der Waals surface area contributed by atoms with Gasteiger partial charge in [0.05, 0.1) is 17.3 Å². The number of halogens is 2. The van der Waals surface area contributed by atoms with Crippen molar-refractivity contribution in [2.75, 3.05) is 11.9 Å². The molecular weight excluding hydrogens is 611 g/mol. The van der Waals surface area contributed by atoms with Crippen LogP contribution in [0, 0.1) is 11.9 Å². The standard InChI is InChI=1S/C29H36BrFN6O3S/c1-28(2,3)23-14-11-20(26(31)35-23)27(38)37-41(39,40)25-8-6-7-24(36-25)34-22(21-13-10-19(30)17-32-21)12-9-18-15-29(4,5)33-16-18/h6-8,10-11,13-14,17-18,22,33H,9,12,15-16H2,1-5H3,(H,34,36)(H,37,38)/t18-,22?/m0/s1. The zero-order valence-electron chi connectivity index (χ0n) is 23.8. The van der Waals surface area contributed by atoms with E-state index in [0.29, 0.717) is 17.4 Å². The van der Waals surface area contributed by atoms with Gasteiger partial charge < -0.3 is 10.6 Å². The smallest absolute Gasteiger partial charge is 0.281 e. The monoisotopic (exact) mass is 646 g/mol. The Morgan fingerprint density at radius 3 is 2.54 bits per heavy atom. The molecule has 9 nitrogen and oxygen atoms in total. The first-order valence-corrected chi connectivity index (χ1v) is 15.7. The topological polar surface area (TPSA) is 126 Å². The van der Waals surface area contributed by atoms with Crippen LogP contribution in [0.2, 0.25) is 0 Å². The third kappa shape index (κ3) is 8.08. The number of amides is 1. The second-order valence-electron chi connectivity index (χ2n) is 12.1. The summed E-state index contributed by atoms with van der Waals surface area (Å²) in [4.78, 5) is 25.4. The van der Waals surface area contributed by atoms with Gasteiger partial charge in [0, 0.05) is 27.3 Å². The van der Waals surface area contributed by atoms with Crippen molar-refractivity contribution in [3.63, 3.8) is 0 Å². The Kier molecular flexibility index (Phi) is 9.15. The Labute approximate surface area is 249 Å². The molecule has 2 atom stereocenters. The molecule has 1 unspecified atom stereocenters. The fourth-order valence-corrected chi connectivity index (χ4v) is 6.02. The fraction of sp³-hybridized carbons (Fsp3) is 0.448. The van der Waals surface area contributed by atoms with Gasteiger partial charge in [0.15, 0.2) is 5.03 Å². The lowest BCUT2D eigenvalue weighted by Crippen LogP contribution is -2.32. The maximum absolute atomic E-state index is 14.6. The van der Waals surface area contributed by atoms with Crippen LogP contribution in [0.5, 0.6) is 0 Å². The zero-order valence-corrected chi connectivity index (χ0v) is 26.2. The van der Waals surface area contributed by atoms with Gasteiger partial charge >= 0.3 is 0 Å². The van der Waals surface area contributed by atoms with E-state index < -0.39 is 32.9 Å². The number of rotatable bonds is 9. The minimum absolute atomic E-state index is 0.103. The Morgan fingerprint density at radius 1 is 1.17 bits per heavy atom. The number of hydrogen-bond acceptors (Lipinski definition) is 8. The molecule has 4 heterocycles. The van der Waals surface area contributed by atoms with E-state index in [2.05, 4.69) is 55.4 Å². The van der Waals surface area contributed by atoms with Gasteiger partial charge in [0.25, 0.3) is 15.9 Å². The van der Waals surface area contributed by atoms with Crippen molar-refractivity contribution in [2.45, 2.75) is 75.9 Å². The van der Waals surface area contributed by atoms with Gasteiger partial charge in [-0.2, -0.15) is 12.8 Å². The zero-order chi connectivity index (χ0) is 30.0. The van der Waals surface area contributed by atoms with Gasteiger partial charge in [-0.25, -0.2) is 14.7 Å². The van der Waals surface area contributed by atoms with E-state index in [1.54, 1.807) is 12.3 Å². The maximum atomic E-state index is 14.6. The molecule has 1 amide bonds. The summed E-state index contributed by atoms with van der Waals surface area (Å²) in [5, 5.41) is 6.50. The molecular formula is C29H36BrFN6O3S. The highest BCUT2D eigenvalue weighted by Crippen LogP contribution is 2.31. The van der Waals surface area contributed by atoms with Gasteiger partial charge in [-0.15, -0.1) is 0 Å². The molecule has 1 saturated heterocycles. The second-order valence-corrected chi connectivity index (χ2v) is 14.6. The third-order valence-corrected chi connectivity index (χ3v) is 8.75. The number of carbonyl (C=O) groups is 1. The van der Waals surface area contributed by atoms with E-state index in [4.69, 9.17) is 0 Å². The summed E-state index contributed by atoms with van der Waals surface area (Å²) in [5.74, 6) is -1.35. The molecule has 0 aromatic carbocycles. The van der Waals surface area contributed by atoms with E-state index in [-0.39, 0.29) is 16.6 Å². The molecule has 220 valence electrons. The Balaban J connectivity index is 1.51. The Hall–Kier alpha value is -2.96. The first-order valence-electron chi connectivity index (χ1n) is 13.5. The van der Waals surface area contributed by atoms with Crippen LogP contribution in [0.1, 0.15) is 81.7 Å². The summed E-state index contributed by atoms with van der Waals surface area (Å²) >= 11 is 3.42. The molecule has 41 heavy (non-hydrogen) atoms. The number of anilines is 1. The van der Waals surface area contributed by atoms with Gasteiger partial charge in [-0.1, -0.05) is 26.8 Å². The van der Waals surface area contributed by atoms with Gasteiger partial charge in [0.1, 0.15) is 5.82 Å². The average Bonchev–Trinajstić information content (AvgIpc) is 3.24. The van der Waals surface area contributed by atoms with Crippen molar-refractivity contribution in [1.82, 2.24) is 25.0 Å². The summed E-state index contributed by atoms with van der Waals surface area (Å²) in [6, 6.07) is 10.8. The number of nitrogens with zero attached hydrogens (tertiary/aromatic N) is 3. The molecule has 12 heteroatoms. The van der Waals surface area contributed by atoms with Crippen LogP contribution in [0.4, 0.5) is 10.2 Å². The lowest BCUT2D eigenvalue weighted by atomic mass is 9.91. The minimum atomic E-state index is -4.41. The molecule has 0 aliphatic carbocycles. The van der Waals surface area contributed by atoms with Crippen molar-refractivity contribution in [3.05, 3.63) is 76.0 Å². The van der Waals surface area contributed by atoms with Crippen LogP contribution >= 0.6 is 15.9 Å².